The first-order valence-electron chi connectivity index (χ1n) is 8.96. The second kappa shape index (κ2) is 7.96. The zero-order valence-corrected chi connectivity index (χ0v) is 15.5. The van der Waals surface area contributed by atoms with E-state index in [-0.39, 0.29) is 17.8 Å². The molecule has 4 nitrogen and oxygen atoms in total. The lowest BCUT2D eigenvalue weighted by Crippen LogP contribution is -2.30. The van der Waals surface area contributed by atoms with E-state index in [1.807, 2.05) is 29.0 Å². The average molecular weight is 381 g/mol. The van der Waals surface area contributed by atoms with Crippen LogP contribution >= 0.6 is 11.8 Å². The Balaban J connectivity index is 1.57. The van der Waals surface area contributed by atoms with Crippen molar-refractivity contribution in [1.29, 1.82) is 0 Å². The minimum absolute atomic E-state index is 0.0524. The molecule has 0 saturated heterocycles. The molecule has 4 rings (SSSR count). The van der Waals surface area contributed by atoms with Gasteiger partial charge in [0, 0.05) is 25.0 Å². The highest BCUT2D eigenvalue weighted by atomic mass is 32.2. The number of benzene rings is 2. The highest BCUT2D eigenvalue weighted by Crippen LogP contribution is 2.36. The number of amides is 1. The second-order valence-electron chi connectivity index (χ2n) is 6.66. The quantitative estimate of drug-likeness (QED) is 0.625. The molecular weight excluding hydrogens is 361 g/mol. The Bertz CT molecular complexity index is 907. The molecular formula is C21H20FN3OS. The fourth-order valence-corrected chi connectivity index (χ4v) is 3.90. The lowest BCUT2D eigenvalue weighted by atomic mass is 10.1. The van der Waals surface area contributed by atoms with Crippen LogP contribution in [0.4, 0.5) is 4.39 Å². The smallest absolute Gasteiger partial charge is 0.238 e. The van der Waals surface area contributed by atoms with Gasteiger partial charge in [0.2, 0.25) is 5.91 Å². The number of rotatable bonds is 7. The highest BCUT2D eigenvalue weighted by Gasteiger charge is 2.30. The molecule has 1 N–H and O–H groups in total. The Morgan fingerprint density at radius 1 is 1.19 bits per heavy atom. The minimum atomic E-state index is -0.469. The van der Waals surface area contributed by atoms with Crippen molar-refractivity contribution in [3.8, 4) is 0 Å². The van der Waals surface area contributed by atoms with E-state index in [0.717, 1.165) is 29.1 Å². The van der Waals surface area contributed by atoms with Crippen LogP contribution in [0.15, 0.2) is 72.1 Å². The minimum Gasteiger partial charge on any atom is -0.352 e. The maximum atomic E-state index is 13.3. The third-order valence-electron chi connectivity index (χ3n) is 4.43. The molecule has 1 aliphatic carbocycles. The topological polar surface area (TPSA) is 46.9 Å². The lowest BCUT2D eigenvalue weighted by Gasteiger charge is -2.17. The summed E-state index contributed by atoms with van der Waals surface area (Å²) in [6.07, 6.45) is 5.70. The fraction of sp³-hybridized carbons (Fsp3) is 0.238. The molecule has 6 heteroatoms. The Kier molecular flexibility index (Phi) is 5.25. The van der Waals surface area contributed by atoms with Crippen LogP contribution in [0.1, 0.15) is 29.2 Å². The summed E-state index contributed by atoms with van der Waals surface area (Å²) in [4.78, 5) is 17.3. The standard InChI is InChI=1S/C21H20FN3OS/c22-17-8-6-16(7-9-17)19(20(26)24-18-10-11-18)27-21-23-12-13-25(21)14-15-4-2-1-3-5-15/h1-9,12-13,18-19H,10-11,14H2,(H,24,26)/t19-/m0/s1. The van der Waals surface area contributed by atoms with Crippen LogP contribution in [0, 0.1) is 5.82 Å². The van der Waals surface area contributed by atoms with Gasteiger partial charge in [-0.3, -0.25) is 4.79 Å². The van der Waals surface area contributed by atoms with E-state index in [1.54, 1.807) is 18.3 Å². The number of imidazole rings is 1. The zero-order chi connectivity index (χ0) is 18.6. The number of hydrogen-bond donors (Lipinski definition) is 1. The number of thioether (sulfide) groups is 1. The van der Waals surface area contributed by atoms with Crippen LogP contribution in [-0.2, 0) is 11.3 Å². The van der Waals surface area contributed by atoms with Gasteiger partial charge in [-0.05, 0) is 36.1 Å². The number of nitrogens with one attached hydrogen (secondary N) is 1. The van der Waals surface area contributed by atoms with Crippen molar-refractivity contribution < 1.29 is 9.18 Å². The molecule has 0 spiro atoms. The Morgan fingerprint density at radius 2 is 1.93 bits per heavy atom. The fourth-order valence-electron chi connectivity index (χ4n) is 2.83. The monoisotopic (exact) mass is 381 g/mol. The number of carbonyl (C=O) groups excluding carboxylic acids is 1. The number of nitrogens with zero attached hydrogens (tertiary/aromatic N) is 2. The van der Waals surface area contributed by atoms with Gasteiger partial charge in [-0.25, -0.2) is 9.37 Å². The summed E-state index contributed by atoms with van der Waals surface area (Å²) >= 11 is 1.40. The Morgan fingerprint density at radius 3 is 2.63 bits per heavy atom. The van der Waals surface area contributed by atoms with E-state index < -0.39 is 5.25 Å². The van der Waals surface area contributed by atoms with Crippen LogP contribution in [0.5, 0.6) is 0 Å². The van der Waals surface area contributed by atoms with Gasteiger partial charge in [0.05, 0.1) is 0 Å². The molecule has 0 radical (unpaired) electrons. The molecule has 27 heavy (non-hydrogen) atoms. The summed E-state index contributed by atoms with van der Waals surface area (Å²) in [5.74, 6) is -0.362. The van der Waals surface area contributed by atoms with Crippen LogP contribution in [0.3, 0.4) is 0 Å². The molecule has 1 heterocycles. The second-order valence-corrected chi connectivity index (χ2v) is 7.73. The predicted octanol–water partition coefficient (Wildman–Crippen LogP) is 4.18. The molecule has 0 unspecified atom stereocenters. The molecule has 1 atom stereocenters. The first-order chi connectivity index (χ1) is 13.2. The van der Waals surface area contributed by atoms with Crippen LogP contribution in [-0.4, -0.2) is 21.5 Å². The van der Waals surface area contributed by atoms with Crippen molar-refractivity contribution in [2.75, 3.05) is 0 Å². The van der Waals surface area contributed by atoms with Gasteiger partial charge in [0.15, 0.2) is 5.16 Å². The molecule has 2 aromatic carbocycles. The molecule has 0 aliphatic heterocycles. The molecule has 1 fully saturated rings. The molecule has 3 aromatic rings. The molecule has 1 aromatic heterocycles. The van der Waals surface area contributed by atoms with Gasteiger partial charge in [0.25, 0.3) is 0 Å². The van der Waals surface area contributed by atoms with Gasteiger partial charge in [-0.1, -0.05) is 54.2 Å². The normalized spacial score (nSPS) is 14.7. The molecule has 138 valence electrons. The largest absolute Gasteiger partial charge is 0.352 e. The Labute approximate surface area is 161 Å². The number of halogens is 1. The maximum Gasteiger partial charge on any atom is 0.238 e. The summed E-state index contributed by atoms with van der Waals surface area (Å²) < 4.78 is 15.4. The highest BCUT2D eigenvalue weighted by molar-refractivity contribution is 8.00. The van der Waals surface area contributed by atoms with E-state index in [9.17, 15) is 9.18 Å². The predicted molar refractivity (Wildman–Crippen MR) is 104 cm³/mol. The third-order valence-corrected chi connectivity index (χ3v) is 5.70. The van der Waals surface area contributed by atoms with E-state index >= 15 is 0 Å². The zero-order valence-electron chi connectivity index (χ0n) is 14.7. The summed E-state index contributed by atoms with van der Waals surface area (Å²) in [6, 6.07) is 16.5. The van der Waals surface area contributed by atoms with E-state index in [0.29, 0.717) is 6.54 Å². The van der Waals surface area contributed by atoms with E-state index in [4.69, 9.17) is 0 Å². The van der Waals surface area contributed by atoms with Crippen molar-refractivity contribution >= 4 is 17.7 Å². The van der Waals surface area contributed by atoms with Gasteiger partial charge in [-0.2, -0.15) is 0 Å². The number of hydrogen-bond acceptors (Lipinski definition) is 3. The maximum absolute atomic E-state index is 13.3. The summed E-state index contributed by atoms with van der Waals surface area (Å²) in [5.41, 5.74) is 1.94. The molecule has 0 bridgehead atoms. The van der Waals surface area contributed by atoms with Crippen LogP contribution < -0.4 is 5.32 Å². The lowest BCUT2D eigenvalue weighted by molar-refractivity contribution is -0.120. The number of aromatic nitrogens is 2. The Hall–Kier alpha value is -2.60. The van der Waals surface area contributed by atoms with Gasteiger partial charge >= 0.3 is 0 Å². The van der Waals surface area contributed by atoms with Crippen molar-refractivity contribution in [2.45, 2.75) is 35.8 Å². The third kappa shape index (κ3) is 4.57. The van der Waals surface area contributed by atoms with Gasteiger partial charge in [0.1, 0.15) is 11.1 Å². The van der Waals surface area contributed by atoms with Crippen molar-refractivity contribution in [3.63, 3.8) is 0 Å². The molecule has 1 amide bonds. The molecule has 1 saturated carbocycles. The van der Waals surface area contributed by atoms with Crippen molar-refractivity contribution in [1.82, 2.24) is 14.9 Å². The van der Waals surface area contributed by atoms with Crippen LogP contribution in [0.25, 0.3) is 0 Å². The van der Waals surface area contributed by atoms with E-state index in [2.05, 4.69) is 22.4 Å². The number of carbonyl (C=O) groups is 1. The SMILES string of the molecule is O=C(NC1CC1)[C@@H](Sc1nccn1Cc1ccccc1)c1ccc(F)cc1. The van der Waals surface area contributed by atoms with Gasteiger partial charge in [-0.15, -0.1) is 0 Å². The van der Waals surface area contributed by atoms with E-state index in [1.165, 1.54) is 23.9 Å². The van der Waals surface area contributed by atoms with Crippen molar-refractivity contribution in [3.05, 3.63) is 83.9 Å². The first-order valence-corrected chi connectivity index (χ1v) is 9.84. The average Bonchev–Trinajstić information content (AvgIpc) is 3.39. The first kappa shape index (κ1) is 17.8. The summed E-state index contributed by atoms with van der Waals surface area (Å²) in [5, 5.41) is 3.35. The van der Waals surface area contributed by atoms with Gasteiger partial charge < -0.3 is 9.88 Å². The summed E-state index contributed by atoms with van der Waals surface area (Å²) in [6.45, 7) is 0.684. The van der Waals surface area contributed by atoms with Crippen LogP contribution in [0.2, 0.25) is 0 Å². The molecule has 1 aliphatic rings. The van der Waals surface area contributed by atoms with Crippen molar-refractivity contribution in [2.24, 2.45) is 0 Å². The summed E-state index contributed by atoms with van der Waals surface area (Å²) in [7, 11) is 0.